The number of nitrogens with zero attached hydrogens (tertiary/aromatic N) is 2. The number of nitrogens with one attached hydrogen (secondary N) is 1. The highest BCUT2D eigenvalue weighted by Crippen LogP contribution is 2.34. The van der Waals surface area contributed by atoms with Crippen LogP contribution in [-0.2, 0) is 10.0 Å². The van der Waals surface area contributed by atoms with Gasteiger partial charge in [0, 0.05) is 37.2 Å². The molecule has 0 unspecified atom stereocenters. The lowest BCUT2D eigenvalue weighted by Gasteiger charge is -2.37. The van der Waals surface area contributed by atoms with Crippen LogP contribution in [0, 0.1) is 17.8 Å². The van der Waals surface area contributed by atoms with Crippen molar-refractivity contribution in [1.29, 1.82) is 0 Å². The second-order valence-corrected chi connectivity index (χ2v) is 10.7. The first kappa shape index (κ1) is 26.9. The first-order valence-corrected chi connectivity index (χ1v) is 12.5. The maximum atomic E-state index is 13.4. The first-order chi connectivity index (χ1) is 15.4. The van der Waals surface area contributed by atoms with Crippen LogP contribution in [0.5, 0.6) is 5.75 Å². The lowest BCUT2D eigenvalue weighted by atomic mass is 10.0. The van der Waals surface area contributed by atoms with Crippen molar-refractivity contribution >= 4 is 16.1 Å². The van der Waals surface area contributed by atoms with Gasteiger partial charge >= 0.3 is 6.03 Å². The van der Waals surface area contributed by atoms with Gasteiger partial charge in [-0.25, -0.2) is 13.2 Å². The summed E-state index contributed by atoms with van der Waals surface area (Å²) in [6.07, 6.45) is -1.35. The maximum Gasteiger partial charge on any atom is 0.317 e. The number of carbonyl (C=O) groups excluding carboxylic acids is 1. The van der Waals surface area contributed by atoms with Crippen LogP contribution in [0.1, 0.15) is 40.2 Å². The molecule has 2 rings (SSSR count). The number of ether oxygens (including phenoxy) is 1. The summed E-state index contributed by atoms with van der Waals surface area (Å²) in [5.74, 6) is 5.27. The van der Waals surface area contributed by atoms with E-state index in [0.29, 0.717) is 5.56 Å². The minimum atomic E-state index is -3.96. The number of urea groups is 1. The quantitative estimate of drug-likeness (QED) is 0.545. The van der Waals surface area contributed by atoms with Crippen LogP contribution in [-0.4, -0.2) is 84.9 Å². The van der Waals surface area contributed by atoms with Gasteiger partial charge in [0.2, 0.25) is 10.0 Å². The molecular formula is C23H35N3O6S. The molecule has 3 N–H and O–H groups in total. The molecule has 1 aliphatic rings. The van der Waals surface area contributed by atoms with Gasteiger partial charge in [-0.05, 0) is 45.9 Å². The van der Waals surface area contributed by atoms with Gasteiger partial charge < -0.3 is 25.2 Å². The van der Waals surface area contributed by atoms with Crippen molar-refractivity contribution in [3.05, 3.63) is 23.8 Å². The van der Waals surface area contributed by atoms with Crippen molar-refractivity contribution in [3.63, 3.8) is 0 Å². The number of sulfonamides is 1. The Labute approximate surface area is 196 Å². The Morgan fingerprint density at radius 1 is 1.33 bits per heavy atom. The lowest BCUT2D eigenvalue weighted by molar-refractivity contribution is 0.0809. The van der Waals surface area contributed by atoms with Crippen LogP contribution < -0.4 is 10.1 Å². The Hall–Kier alpha value is -2.32. The summed E-state index contributed by atoms with van der Waals surface area (Å²) in [7, 11) is -2.31. The second kappa shape index (κ2) is 11.2. The Bertz CT molecular complexity index is 999. The molecule has 184 valence electrons. The van der Waals surface area contributed by atoms with Crippen LogP contribution >= 0.6 is 0 Å². The van der Waals surface area contributed by atoms with Crippen LogP contribution in [0.15, 0.2) is 23.1 Å². The van der Waals surface area contributed by atoms with Crippen LogP contribution in [0.2, 0.25) is 0 Å². The first-order valence-electron chi connectivity index (χ1n) is 11.0. The summed E-state index contributed by atoms with van der Waals surface area (Å²) in [4.78, 5) is 13.9. The molecule has 33 heavy (non-hydrogen) atoms. The summed E-state index contributed by atoms with van der Waals surface area (Å²) in [5.41, 5.74) is 0.490. The van der Waals surface area contributed by atoms with E-state index in [1.807, 2.05) is 20.8 Å². The SMILES string of the molecule is CC(C)NC(=O)N(C)C[C@H]1Oc2cc(C#C[C@H](C)O)ccc2S(=O)(=O)N([C@H](C)CO)C[C@@H]1C. The summed E-state index contributed by atoms with van der Waals surface area (Å²) in [6.45, 7) is 8.78. The molecule has 0 bridgehead atoms. The molecule has 1 aromatic carbocycles. The Balaban J connectivity index is 2.53. The number of amides is 2. The van der Waals surface area contributed by atoms with Crippen molar-refractivity contribution < 1.29 is 28.2 Å². The van der Waals surface area contributed by atoms with Gasteiger partial charge in [0.25, 0.3) is 0 Å². The number of carbonyl (C=O) groups is 1. The van der Waals surface area contributed by atoms with Crippen LogP contribution in [0.4, 0.5) is 4.79 Å². The molecule has 0 aromatic heterocycles. The summed E-state index contributed by atoms with van der Waals surface area (Å²) >= 11 is 0. The highest BCUT2D eigenvalue weighted by Gasteiger charge is 2.38. The average Bonchev–Trinajstić information content (AvgIpc) is 2.73. The molecule has 0 saturated heterocycles. The predicted molar refractivity (Wildman–Crippen MR) is 125 cm³/mol. The number of fused-ring (bicyclic) bond motifs is 1. The van der Waals surface area contributed by atoms with Gasteiger partial charge in [-0.15, -0.1) is 0 Å². The summed E-state index contributed by atoms with van der Waals surface area (Å²) in [6, 6.07) is 3.59. The van der Waals surface area contributed by atoms with E-state index in [1.54, 1.807) is 20.0 Å². The molecule has 4 atom stereocenters. The molecule has 0 saturated carbocycles. The van der Waals surface area contributed by atoms with E-state index in [-0.39, 0.29) is 48.3 Å². The van der Waals surface area contributed by atoms with E-state index >= 15 is 0 Å². The summed E-state index contributed by atoms with van der Waals surface area (Å²) < 4.78 is 34.4. The maximum absolute atomic E-state index is 13.4. The largest absolute Gasteiger partial charge is 0.487 e. The standard InChI is InChI=1S/C23H35N3O6S/c1-15(2)24-23(29)25(6)13-21-16(3)12-26(17(4)14-27)33(30,31)22-10-9-19(8-7-18(5)28)11-20(22)32-21/h9-11,15-18,21,27-28H,12-14H2,1-6H3,(H,24,29)/t16-,17+,18-,21+/m0/s1. The number of aliphatic hydroxyl groups excluding tert-OH is 2. The molecule has 10 heteroatoms. The molecule has 0 aliphatic carbocycles. The highest BCUT2D eigenvalue weighted by atomic mass is 32.2. The van der Waals surface area contributed by atoms with Gasteiger partial charge in [-0.2, -0.15) is 4.31 Å². The zero-order chi connectivity index (χ0) is 24.9. The third kappa shape index (κ3) is 6.84. The minimum absolute atomic E-state index is 0.0301. The van der Waals surface area contributed by atoms with E-state index in [2.05, 4.69) is 17.2 Å². The Morgan fingerprint density at radius 3 is 2.58 bits per heavy atom. The third-order valence-corrected chi connectivity index (χ3v) is 7.32. The van der Waals surface area contributed by atoms with Crippen LogP contribution in [0.25, 0.3) is 0 Å². The van der Waals surface area contributed by atoms with E-state index in [1.165, 1.54) is 28.3 Å². The average molecular weight is 482 g/mol. The van der Waals surface area contributed by atoms with Gasteiger partial charge in [0.1, 0.15) is 22.9 Å². The second-order valence-electron chi connectivity index (χ2n) is 8.83. The number of hydrogen-bond donors (Lipinski definition) is 3. The fraction of sp³-hybridized carbons (Fsp3) is 0.609. The fourth-order valence-electron chi connectivity index (χ4n) is 3.42. The molecule has 0 spiro atoms. The molecule has 1 aliphatic heterocycles. The van der Waals surface area contributed by atoms with E-state index in [0.717, 1.165) is 0 Å². The molecule has 2 amide bonds. The van der Waals surface area contributed by atoms with Gasteiger partial charge in [-0.1, -0.05) is 18.8 Å². The van der Waals surface area contributed by atoms with Crippen molar-refractivity contribution in [3.8, 4) is 17.6 Å². The topological polar surface area (TPSA) is 119 Å². The van der Waals surface area contributed by atoms with Gasteiger partial charge in [0.05, 0.1) is 13.2 Å². The highest BCUT2D eigenvalue weighted by molar-refractivity contribution is 7.89. The Morgan fingerprint density at radius 2 is 2.00 bits per heavy atom. The number of hydrogen-bond acceptors (Lipinski definition) is 6. The van der Waals surface area contributed by atoms with Crippen molar-refractivity contribution in [1.82, 2.24) is 14.5 Å². The molecular weight excluding hydrogens is 446 g/mol. The fourth-order valence-corrected chi connectivity index (χ4v) is 5.24. The normalized spacial score (nSPS) is 22.0. The van der Waals surface area contributed by atoms with Crippen LogP contribution in [0.3, 0.4) is 0 Å². The number of benzene rings is 1. The van der Waals surface area contributed by atoms with E-state index in [4.69, 9.17) is 4.74 Å². The molecule has 1 aromatic rings. The number of likely N-dealkylation sites (N-methyl/N-ethyl adjacent to an activating group) is 1. The zero-order valence-electron chi connectivity index (χ0n) is 20.1. The van der Waals surface area contributed by atoms with Crippen molar-refractivity contribution in [2.75, 3.05) is 26.7 Å². The van der Waals surface area contributed by atoms with Gasteiger partial charge in [0.15, 0.2) is 0 Å². The molecule has 9 nitrogen and oxygen atoms in total. The number of aliphatic hydroxyl groups is 2. The third-order valence-electron chi connectivity index (χ3n) is 5.31. The Kier molecular flexibility index (Phi) is 9.14. The monoisotopic (exact) mass is 481 g/mol. The zero-order valence-corrected chi connectivity index (χ0v) is 20.9. The number of rotatable bonds is 5. The minimum Gasteiger partial charge on any atom is -0.487 e. The van der Waals surface area contributed by atoms with E-state index < -0.39 is 28.3 Å². The van der Waals surface area contributed by atoms with E-state index in [9.17, 15) is 23.4 Å². The molecule has 0 fully saturated rings. The lowest BCUT2D eigenvalue weighted by Crippen LogP contribution is -2.51. The van der Waals surface area contributed by atoms with Crippen molar-refractivity contribution in [2.24, 2.45) is 5.92 Å². The predicted octanol–water partition coefficient (Wildman–Crippen LogP) is 1.24. The van der Waals surface area contributed by atoms with Crippen molar-refractivity contribution in [2.45, 2.75) is 63.8 Å². The summed E-state index contributed by atoms with van der Waals surface area (Å²) in [5, 5.41) is 22.0. The molecule has 1 heterocycles. The van der Waals surface area contributed by atoms with Gasteiger partial charge in [-0.3, -0.25) is 0 Å². The molecule has 0 radical (unpaired) electrons. The smallest absolute Gasteiger partial charge is 0.317 e.